The molecule has 0 aliphatic carbocycles. The van der Waals surface area contributed by atoms with Gasteiger partial charge in [0.05, 0.1) is 6.54 Å². The Morgan fingerprint density at radius 1 is 1.47 bits per heavy atom. The van der Waals surface area contributed by atoms with Gasteiger partial charge in [-0.05, 0) is 31.2 Å². The number of benzene rings is 1. The summed E-state index contributed by atoms with van der Waals surface area (Å²) >= 11 is 0. The number of hydrogen-bond donors (Lipinski definition) is 2. The van der Waals surface area contributed by atoms with Crippen LogP contribution in [0.15, 0.2) is 36.5 Å². The highest BCUT2D eigenvalue weighted by atomic mass is 16.5. The largest absolute Gasteiger partial charge is 0.492 e. The van der Waals surface area contributed by atoms with E-state index < -0.39 is 0 Å². The van der Waals surface area contributed by atoms with Crippen molar-refractivity contribution < 1.29 is 9.53 Å². The summed E-state index contributed by atoms with van der Waals surface area (Å²) in [5.41, 5.74) is 3.64. The van der Waals surface area contributed by atoms with Crippen molar-refractivity contribution in [1.29, 1.82) is 0 Å². The molecule has 1 amide bonds. The predicted molar refractivity (Wildman–Crippen MR) is 70.6 cm³/mol. The third-order valence-electron chi connectivity index (χ3n) is 2.73. The molecule has 3 N–H and O–H groups in total. The summed E-state index contributed by atoms with van der Waals surface area (Å²) in [6.07, 6.45) is 1.75. The quantitative estimate of drug-likeness (QED) is 0.475. The van der Waals surface area contributed by atoms with Gasteiger partial charge in [-0.3, -0.25) is 14.9 Å². The first kappa shape index (κ1) is 13.1. The van der Waals surface area contributed by atoms with Crippen molar-refractivity contribution in [2.24, 2.45) is 5.84 Å². The molecular formula is C13H16N4O2. The lowest BCUT2D eigenvalue weighted by molar-refractivity contribution is 0.0953. The van der Waals surface area contributed by atoms with Gasteiger partial charge in [0, 0.05) is 17.5 Å². The molecule has 0 radical (unpaired) electrons. The van der Waals surface area contributed by atoms with Crippen LogP contribution in [0.1, 0.15) is 16.1 Å². The number of carbonyl (C=O) groups is 1. The van der Waals surface area contributed by atoms with Gasteiger partial charge in [-0.15, -0.1) is 0 Å². The summed E-state index contributed by atoms with van der Waals surface area (Å²) < 4.78 is 7.45. The molecule has 0 unspecified atom stereocenters. The maximum absolute atomic E-state index is 11.4. The lowest BCUT2D eigenvalue weighted by Gasteiger charge is -2.08. The second kappa shape index (κ2) is 6.01. The van der Waals surface area contributed by atoms with Crippen molar-refractivity contribution in [3.63, 3.8) is 0 Å². The summed E-state index contributed by atoms with van der Waals surface area (Å²) in [5.74, 6) is 5.37. The van der Waals surface area contributed by atoms with Crippen LogP contribution in [0.4, 0.5) is 0 Å². The van der Waals surface area contributed by atoms with Crippen molar-refractivity contribution >= 4 is 5.91 Å². The Kier molecular flexibility index (Phi) is 4.15. The minimum Gasteiger partial charge on any atom is -0.492 e. The number of ether oxygens (including phenoxy) is 1. The first-order chi connectivity index (χ1) is 9.20. The van der Waals surface area contributed by atoms with Crippen molar-refractivity contribution in [1.82, 2.24) is 15.2 Å². The summed E-state index contributed by atoms with van der Waals surface area (Å²) in [6, 6.07) is 8.80. The van der Waals surface area contributed by atoms with Crippen molar-refractivity contribution in [2.45, 2.75) is 13.5 Å². The van der Waals surface area contributed by atoms with Crippen LogP contribution in [0, 0.1) is 6.92 Å². The molecule has 0 spiro atoms. The number of nitrogens with one attached hydrogen (secondary N) is 1. The van der Waals surface area contributed by atoms with Gasteiger partial charge in [-0.25, -0.2) is 5.84 Å². The molecule has 0 saturated heterocycles. The minimum absolute atomic E-state index is 0.339. The molecule has 0 bridgehead atoms. The van der Waals surface area contributed by atoms with Crippen LogP contribution in [0.3, 0.4) is 0 Å². The van der Waals surface area contributed by atoms with Crippen LogP contribution in [0.25, 0.3) is 0 Å². The maximum atomic E-state index is 11.4. The first-order valence-corrected chi connectivity index (χ1v) is 5.93. The third kappa shape index (κ3) is 3.32. The van der Waals surface area contributed by atoms with Gasteiger partial charge < -0.3 is 4.74 Å². The second-order valence-electron chi connectivity index (χ2n) is 4.05. The Morgan fingerprint density at radius 3 is 3.00 bits per heavy atom. The summed E-state index contributed by atoms with van der Waals surface area (Å²) in [6.45, 7) is 3.13. The number of amides is 1. The number of hydrazine groups is 1. The van der Waals surface area contributed by atoms with Gasteiger partial charge in [0.25, 0.3) is 5.91 Å². The van der Waals surface area contributed by atoms with E-state index in [2.05, 4.69) is 10.5 Å². The normalized spacial score (nSPS) is 10.2. The van der Waals surface area contributed by atoms with Gasteiger partial charge in [-0.1, -0.05) is 6.07 Å². The number of nitrogen functional groups attached to an aromatic ring is 1. The Balaban J connectivity index is 1.93. The van der Waals surface area contributed by atoms with Crippen LogP contribution in [-0.2, 0) is 6.54 Å². The highest BCUT2D eigenvalue weighted by Gasteiger charge is 2.04. The monoisotopic (exact) mass is 260 g/mol. The Hall–Kier alpha value is -2.34. The number of nitrogens with two attached hydrogens (primary N) is 1. The predicted octanol–water partition coefficient (Wildman–Crippen LogP) is 0.874. The molecule has 0 fully saturated rings. The molecule has 1 aromatic heterocycles. The molecular weight excluding hydrogens is 244 g/mol. The maximum Gasteiger partial charge on any atom is 0.265 e. The van der Waals surface area contributed by atoms with Crippen LogP contribution in [0.5, 0.6) is 5.75 Å². The van der Waals surface area contributed by atoms with Crippen molar-refractivity contribution in [2.75, 3.05) is 6.61 Å². The molecule has 6 heteroatoms. The highest BCUT2D eigenvalue weighted by molar-refractivity contribution is 5.94. The molecule has 1 heterocycles. The minimum atomic E-state index is -0.339. The van der Waals surface area contributed by atoms with E-state index in [0.29, 0.717) is 24.5 Å². The smallest absolute Gasteiger partial charge is 0.265 e. The summed E-state index contributed by atoms with van der Waals surface area (Å²) in [4.78, 5) is 11.4. The Morgan fingerprint density at radius 2 is 2.32 bits per heavy atom. The Bertz CT molecular complexity index is 565. The van der Waals surface area contributed by atoms with Crippen LogP contribution < -0.4 is 16.0 Å². The zero-order valence-electron chi connectivity index (χ0n) is 10.7. The topological polar surface area (TPSA) is 82.2 Å². The van der Waals surface area contributed by atoms with E-state index in [1.165, 1.54) is 0 Å². The number of aryl methyl sites for hydroxylation is 1. The summed E-state index contributed by atoms with van der Waals surface area (Å²) in [7, 11) is 0. The van der Waals surface area contributed by atoms with Gasteiger partial charge in [0.15, 0.2) is 0 Å². The van der Waals surface area contributed by atoms with E-state index in [4.69, 9.17) is 10.6 Å². The second-order valence-corrected chi connectivity index (χ2v) is 4.05. The van der Waals surface area contributed by atoms with Gasteiger partial charge in [0.1, 0.15) is 12.4 Å². The molecule has 2 rings (SSSR count). The molecule has 100 valence electrons. The molecule has 2 aromatic rings. The molecule has 0 atom stereocenters. The lowest BCUT2D eigenvalue weighted by atomic mass is 10.2. The van der Waals surface area contributed by atoms with Gasteiger partial charge in [0.2, 0.25) is 0 Å². The van der Waals surface area contributed by atoms with Crippen molar-refractivity contribution in [3.05, 3.63) is 47.8 Å². The van der Waals surface area contributed by atoms with E-state index in [9.17, 15) is 4.79 Å². The standard InChI is InChI=1S/C13H16N4O2/c1-10-5-6-15-17(10)7-8-19-12-4-2-3-11(9-12)13(18)16-14/h2-6,9H,7-8,14H2,1H3,(H,16,18). The first-order valence-electron chi connectivity index (χ1n) is 5.93. The molecule has 0 aliphatic rings. The third-order valence-corrected chi connectivity index (χ3v) is 2.73. The SMILES string of the molecule is Cc1ccnn1CCOc1cccc(C(=O)NN)c1. The number of rotatable bonds is 5. The fourth-order valence-corrected chi connectivity index (χ4v) is 1.69. The average Bonchev–Trinajstić information content (AvgIpc) is 2.84. The van der Waals surface area contributed by atoms with Crippen LogP contribution in [-0.4, -0.2) is 22.3 Å². The number of carbonyl (C=O) groups excluding carboxylic acids is 1. The van der Waals surface area contributed by atoms with Crippen LogP contribution in [0.2, 0.25) is 0 Å². The number of hydrogen-bond acceptors (Lipinski definition) is 4. The van der Waals surface area contributed by atoms with Crippen LogP contribution >= 0.6 is 0 Å². The average molecular weight is 260 g/mol. The molecule has 1 aromatic carbocycles. The van der Waals surface area contributed by atoms with Crippen molar-refractivity contribution in [3.8, 4) is 5.75 Å². The Labute approximate surface area is 111 Å². The van der Waals surface area contributed by atoms with Gasteiger partial charge >= 0.3 is 0 Å². The molecule has 6 nitrogen and oxygen atoms in total. The van der Waals surface area contributed by atoms with Gasteiger partial charge in [-0.2, -0.15) is 5.10 Å². The zero-order valence-corrected chi connectivity index (χ0v) is 10.7. The lowest BCUT2D eigenvalue weighted by Crippen LogP contribution is -2.29. The zero-order chi connectivity index (χ0) is 13.7. The molecule has 0 saturated carbocycles. The number of nitrogens with zero attached hydrogens (tertiary/aromatic N) is 2. The molecule has 0 aliphatic heterocycles. The number of aromatic nitrogens is 2. The van der Waals surface area contributed by atoms with E-state index in [1.807, 2.05) is 17.7 Å². The highest BCUT2D eigenvalue weighted by Crippen LogP contribution is 2.13. The fourth-order valence-electron chi connectivity index (χ4n) is 1.69. The summed E-state index contributed by atoms with van der Waals surface area (Å²) in [5, 5.41) is 4.16. The fraction of sp³-hybridized carbons (Fsp3) is 0.231. The van der Waals surface area contributed by atoms with E-state index in [0.717, 1.165) is 5.69 Å². The molecule has 19 heavy (non-hydrogen) atoms. The van der Waals surface area contributed by atoms with E-state index >= 15 is 0 Å². The van der Waals surface area contributed by atoms with E-state index in [-0.39, 0.29) is 5.91 Å². The van der Waals surface area contributed by atoms with E-state index in [1.54, 1.807) is 30.5 Å².